The molecule has 1 aliphatic rings. The molecule has 1 aromatic heterocycles. The molecular weight excluding hydrogens is 524 g/mol. The number of aromatic nitrogens is 1. The van der Waals surface area contributed by atoms with Crippen LogP contribution in [0.25, 0.3) is 10.9 Å². The van der Waals surface area contributed by atoms with Gasteiger partial charge >= 0.3 is 12.1 Å². The number of ether oxygens (including phenoxy) is 1. The fourth-order valence-corrected chi connectivity index (χ4v) is 5.07. The number of alkyl carbamates (subject to hydrolysis) is 1. The largest absolute Gasteiger partial charge is 0.477 e. The summed E-state index contributed by atoms with van der Waals surface area (Å²) < 4.78 is 5.30. The normalized spacial score (nSPS) is 17.8. The first-order valence-electron chi connectivity index (χ1n) is 13.9. The smallest absolute Gasteiger partial charge is 0.407 e. The predicted molar refractivity (Wildman–Crippen MR) is 156 cm³/mol. The number of carboxylic acid groups (broad SMARTS) is 1. The Kier molecular flexibility index (Phi) is 9.31. The molecule has 4 rings (SSSR count). The van der Waals surface area contributed by atoms with Crippen LogP contribution in [-0.2, 0) is 20.7 Å². The third-order valence-corrected chi connectivity index (χ3v) is 7.19. The number of amides is 3. The average Bonchev–Trinajstić information content (AvgIpc) is 3.35. The van der Waals surface area contributed by atoms with Crippen LogP contribution in [0.2, 0.25) is 0 Å². The van der Waals surface area contributed by atoms with Crippen LogP contribution in [0.3, 0.4) is 0 Å². The zero-order valence-corrected chi connectivity index (χ0v) is 23.7. The highest BCUT2D eigenvalue weighted by Gasteiger charge is 2.30. The van der Waals surface area contributed by atoms with Gasteiger partial charge in [-0.2, -0.15) is 0 Å². The highest BCUT2D eigenvalue weighted by Crippen LogP contribution is 2.29. The zero-order valence-electron chi connectivity index (χ0n) is 23.7. The Morgan fingerprint density at radius 2 is 1.71 bits per heavy atom. The van der Waals surface area contributed by atoms with Gasteiger partial charge in [-0.3, -0.25) is 9.59 Å². The number of carbonyl (C=O) groups excluding carboxylic acids is 3. The number of hydrogen-bond donors (Lipinski definition) is 5. The minimum absolute atomic E-state index is 0.0630. The molecule has 0 aliphatic heterocycles. The van der Waals surface area contributed by atoms with Crippen LogP contribution in [0.1, 0.15) is 62.5 Å². The highest BCUT2D eigenvalue weighted by molar-refractivity contribution is 6.00. The summed E-state index contributed by atoms with van der Waals surface area (Å²) in [6, 6.07) is 15.3. The standard InChI is InChI=1S/C31H38N4O6/c1-31(2,3)41-30(40)32-18-20-9-11-21(12-10-20)27(36)35-25(15-19-7-5-4-6-8-19)28(37)33-23-13-14-24-22(16-23)17-26(34-24)29(38)39/h4-8,13-14,16-17,20-21,25,34H,9-12,15,18H2,1-3H3,(H,32,40)(H,33,37)(H,35,36)(H,38,39)/t20?,21?,25-/m0/s1. The molecule has 1 fully saturated rings. The van der Waals surface area contributed by atoms with Gasteiger partial charge in [0.15, 0.2) is 0 Å². The van der Waals surface area contributed by atoms with E-state index in [1.54, 1.807) is 18.2 Å². The maximum atomic E-state index is 13.4. The summed E-state index contributed by atoms with van der Waals surface area (Å²) in [6.07, 6.45) is 2.80. The van der Waals surface area contributed by atoms with Gasteiger partial charge in [0.2, 0.25) is 11.8 Å². The van der Waals surface area contributed by atoms with E-state index in [4.69, 9.17) is 4.74 Å². The van der Waals surface area contributed by atoms with E-state index in [0.717, 1.165) is 18.4 Å². The summed E-state index contributed by atoms with van der Waals surface area (Å²) >= 11 is 0. The molecule has 218 valence electrons. The van der Waals surface area contributed by atoms with Crippen molar-refractivity contribution in [2.45, 2.75) is 64.5 Å². The molecule has 1 saturated carbocycles. The monoisotopic (exact) mass is 562 g/mol. The number of carbonyl (C=O) groups is 4. The molecule has 10 nitrogen and oxygen atoms in total. The second-order valence-corrected chi connectivity index (χ2v) is 11.6. The van der Waals surface area contributed by atoms with E-state index in [0.29, 0.717) is 42.4 Å². The van der Waals surface area contributed by atoms with E-state index >= 15 is 0 Å². The fourth-order valence-electron chi connectivity index (χ4n) is 5.07. The van der Waals surface area contributed by atoms with Gasteiger partial charge in [0, 0.05) is 35.5 Å². The molecule has 1 atom stereocenters. The second-order valence-electron chi connectivity index (χ2n) is 11.6. The molecule has 1 heterocycles. The maximum Gasteiger partial charge on any atom is 0.407 e. The molecule has 5 N–H and O–H groups in total. The van der Waals surface area contributed by atoms with Crippen LogP contribution in [0.15, 0.2) is 54.6 Å². The Morgan fingerprint density at radius 3 is 2.37 bits per heavy atom. The summed E-state index contributed by atoms with van der Waals surface area (Å²) in [4.78, 5) is 52.8. The molecular formula is C31H38N4O6. The van der Waals surface area contributed by atoms with E-state index in [-0.39, 0.29) is 29.3 Å². The van der Waals surface area contributed by atoms with Gasteiger partial charge in [-0.1, -0.05) is 30.3 Å². The third kappa shape index (κ3) is 8.57. The van der Waals surface area contributed by atoms with E-state index < -0.39 is 23.7 Å². The molecule has 0 spiro atoms. The number of aromatic carboxylic acids is 1. The van der Waals surface area contributed by atoms with Crippen molar-refractivity contribution in [1.29, 1.82) is 0 Å². The summed E-state index contributed by atoms with van der Waals surface area (Å²) in [5, 5.41) is 18.6. The van der Waals surface area contributed by atoms with Crippen molar-refractivity contribution in [1.82, 2.24) is 15.6 Å². The van der Waals surface area contributed by atoms with Gasteiger partial charge in [0.25, 0.3) is 0 Å². The molecule has 3 aromatic rings. The average molecular weight is 563 g/mol. The molecule has 0 unspecified atom stereocenters. The molecule has 2 aromatic carbocycles. The van der Waals surface area contributed by atoms with Crippen molar-refractivity contribution in [3.05, 3.63) is 65.9 Å². The minimum atomic E-state index is -1.06. The summed E-state index contributed by atoms with van der Waals surface area (Å²) in [5.74, 6) is -1.53. The van der Waals surface area contributed by atoms with E-state index in [9.17, 15) is 24.3 Å². The molecule has 0 radical (unpaired) electrons. The predicted octanol–water partition coefficient (Wildman–Crippen LogP) is 4.86. The van der Waals surface area contributed by atoms with Gasteiger partial charge in [0.1, 0.15) is 17.3 Å². The number of H-pyrrole nitrogens is 1. The number of aromatic amines is 1. The van der Waals surface area contributed by atoms with Crippen molar-refractivity contribution in [2.24, 2.45) is 11.8 Å². The Labute approximate surface area is 239 Å². The van der Waals surface area contributed by atoms with Crippen LogP contribution in [0.4, 0.5) is 10.5 Å². The van der Waals surface area contributed by atoms with Crippen molar-refractivity contribution in [3.63, 3.8) is 0 Å². The quantitative estimate of drug-likeness (QED) is 0.251. The number of carboxylic acids is 1. The molecule has 1 aliphatic carbocycles. The Balaban J connectivity index is 1.36. The summed E-state index contributed by atoms with van der Waals surface area (Å²) in [5.41, 5.74) is 1.57. The van der Waals surface area contributed by atoms with Crippen molar-refractivity contribution >= 4 is 40.5 Å². The number of hydrogen-bond acceptors (Lipinski definition) is 5. The van der Waals surface area contributed by atoms with Crippen molar-refractivity contribution in [2.75, 3.05) is 11.9 Å². The number of anilines is 1. The zero-order chi connectivity index (χ0) is 29.6. The number of benzene rings is 2. The molecule has 0 saturated heterocycles. The first kappa shape index (κ1) is 29.6. The van der Waals surface area contributed by atoms with E-state index in [2.05, 4.69) is 20.9 Å². The summed E-state index contributed by atoms with van der Waals surface area (Å²) in [6.45, 7) is 5.96. The Morgan fingerprint density at radius 1 is 1.00 bits per heavy atom. The van der Waals surface area contributed by atoms with Gasteiger partial charge in [-0.05, 0) is 82.2 Å². The Bertz CT molecular complexity index is 1390. The maximum absolute atomic E-state index is 13.4. The molecule has 10 heteroatoms. The SMILES string of the molecule is CC(C)(C)OC(=O)NCC1CCC(C(=O)N[C@@H](Cc2ccccc2)C(=O)Nc2ccc3[nH]c(C(=O)O)cc3c2)CC1. The lowest BCUT2D eigenvalue weighted by atomic mass is 9.81. The van der Waals surface area contributed by atoms with Crippen LogP contribution in [0.5, 0.6) is 0 Å². The van der Waals surface area contributed by atoms with Gasteiger partial charge in [0.05, 0.1) is 0 Å². The van der Waals surface area contributed by atoms with Crippen LogP contribution in [0, 0.1) is 11.8 Å². The number of fused-ring (bicyclic) bond motifs is 1. The number of nitrogens with one attached hydrogen (secondary N) is 4. The number of rotatable bonds is 9. The van der Waals surface area contributed by atoms with Crippen LogP contribution in [-0.4, -0.2) is 52.2 Å². The lowest BCUT2D eigenvalue weighted by Crippen LogP contribution is -2.48. The lowest BCUT2D eigenvalue weighted by Gasteiger charge is -2.29. The second kappa shape index (κ2) is 12.9. The fraction of sp³-hybridized carbons (Fsp3) is 0.419. The summed E-state index contributed by atoms with van der Waals surface area (Å²) in [7, 11) is 0. The highest BCUT2D eigenvalue weighted by atomic mass is 16.6. The topological polar surface area (TPSA) is 150 Å². The lowest BCUT2D eigenvalue weighted by molar-refractivity contribution is -0.130. The minimum Gasteiger partial charge on any atom is -0.477 e. The van der Waals surface area contributed by atoms with Gasteiger partial charge < -0.3 is 30.8 Å². The van der Waals surface area contributed by atoms with Crippen LogP contribution >= 0.6 is 0 Å². The van der Waals surface area contributed by atoms with E-state index in [1.165, 1.54) is 6.07 Å². The Hall–Kier alpha value is -4.34. The van der Waals surface area contributed by atoms with Crippen molar-refractivity contribution in [3.8, 4) is 0 Å². The van der Waals surface area contributed by atoms with Gasteiger partial charge in [-0.25, -0.2) is 9.59 Å². The molecule has 0 bridgehead atoms. The molecule has 41 heavy (non-hydrogen) atoms. The van der Waals surface area contributed by atoms with Crippen LogP contribution < -0.4 is 16.0 Å². The van der Waals surface area contributed by atoms with E-state index in [1.807, 2.05) is 51.1 Å². The third-order valence-electron chi connectivity index (χ3n) is 7.19. The van der Waals surface area contributed by atoms with Crippen molar-refractivity contribution < 1.29 is 29.0 Å². The first-order chi connectivity index (χ1) is 19.5. The van der Waals surface area contributed by atoms with Gasteiger partial charge in [-0.15, -0.1) is 0 Å². The molecule has 3 amide bonds. The first-order valence-corrected chi connectivity index (χ1v) is 13.9.